The molecule has 4 atom stereocenters. The average molecular weight is 2350 g/mol. The Morgan fingerprint density at radius 1 is 0.220 bits per heavy atom. The zero-order chi connectivity index (χ0) is 115. The summed E-state index contributed by atoms with van der Waals surface area (Å²) in [5, 5.41) is 19.5. The van der Waals surface area contributed by atoms with Crippen LogP contribution in [0.2, 0.25) is 314 Å². The maximum atomic E-state index is 2.96. The smallest absolute Gasteiger partial charge is 0.0693 e. The fourth-order valence-electron chi connectivity index (χ4n) is 36.0. The van der Waals surface area contributed by atoms with E-state index in [1.165, 1.54) is 25.7 Å². The maximum absolute atomic E-state index is 2.96. The first-order valence-corrected chi connectivity index (χ1v) is 126. The molecule has 0 bridgehead atoms. The monoisotopic (exact) mass is 2350 g/mol. The van der Waals surface area contributed by atoms with Crippen LogP contribution in [-0.4, -0.2) is 161 Å². The number of hydrogen-bond acceptors (Lipinski definition) is 0. The van der Waals surface area contributed by atoms with Crippen molar-refractivity contribution in [1.29, 1.82) is 0 Å². The van der Waals surface area contributed by atoms with Crippen molar-refractivity contribution in [2.24, 2.45) is 0 Å². The van der Waals surface area contributed by atoms with E-state index >= 15 is 0 Å². The van der Waals surface area contributed by atoms with E-state index in [1.807, 2.05) is 86.0 Å². The summed E-state index contributed by atoms with van der Waals surface area (Å²) in [6.45, 7) is 170. The fraction of sp³-hybridized carbons (Fsp3) is 0.600. The molecule has 4 heterocycles. The third kappa shape index (κ3) is 23.7. The van der Waals surface area contributed by atoms with E-state index in [9.17, 15) is 0 Å². The van der Waals surface area contributed by atoms with E-state index in [0.29, 0.717) is 31.0 Å². The van der Waals surface area contributed by atoms with Crippen LogP contribution in [0.1, 0.15) is 243 Å². The van der Waals surface area contributed by atoms with Gasteiger partial charge >= 0.3 is 0 Å². The van der Waals surface area contributed by atoms with Crippen LogP contribution in [-0.2, 0) is 30.2 Å². The van der Waals surface area contributed by atoms with Crippen LogP contribution in [0, 0.1) is 0 Å². The van der Waals surface area contributed by atoms with Gasteiger partial charge in [-0.25, -0.2) is 0 Å². The Balaban J connectivity index is 0.000000290. The van der Waals surface area contributed by atoms with Gasteiger partial charge in [0.25, 0.3) is 0 Å². The van der Waals surface area contributed by atoms with Crippen molar-refractivity contribution in [3.05, 3.63) is 259 Å². The molecule has 0 radical (unpaired) electrons. The number of fused-ring (bicyclic) bond motifs is 4. The maximum Gasteiger partial charge on any atom is 0.124 e. The van der Waals surface area contributed by atoms with Gasteiger partial charge < -0.3 is 0 Å². The Bertz CT molecular complexity index is 5560. The third-order valence-corrected chi connectivity index (χ3v) is 159. The summed E-state index contributed by atoms with van der Waals surface area (Å²) >= 11 is 0. The van der Waals surface area contributed by atoms with Gasteiger partial charge in [0.15, 0.2) is 0 Å². The molecule has 0 aromatic heterocycles. The standard InChI is InChI=1S/2C62H108Si10.C6H14/c2*1-60(2,3)47-41-49(57(64(7,8)9)65(10,11)12)54(50(42-47)58(66(13,14)15)67(16,17)18)63-53(45-37-33-31-34-38-45)55(46-39-35-32-36-40-46)72(63)56-51(59(68(19,20)21)69(22,23)24)43-48(61(4,5)6)44-52(56)62(72,70(25,26)27)71(28,29)30;1-3-5-6-4-2/h2*31-44,57-59,63H,1-30H3;3-6H2,1-2H3/t2*63-,72-;/m10./s1. The topological polar surface area (TPSA) is 0 Å². The molecule has 0 fully saturated rings. The summed E-state index contributed by atoms with van der Waals surface area (Å²) < 4.78 is 0.446. The first-order valence-electron chi connectivity index (χ1n) is 59.6. The van der Waals surface area contributed by atoms with E-state index in [1.54, 1.807) is 44.5 Å². The summed E-state index contributed by atoms with van der Waals surface area (Å²) in [6.07, 6.45) is 5.54. The van der Waals surface area contributed by atoms with Crippen molar-refractivity contribution < 1.29 is 0 Å². The van der Waals surface area contributed by atoms with Crippen LogP contribution in [0.4, 0.5) is 0 Å². The third-order valence-electron chi connectivity index (χ3n) is 36.4. The summed E-state index contributed by atoms with van der Waals surface area (Å²) in [7, 11) is -40.4. The normalized spacial score (nSPS) is 19.2. The molecular weight excluding hydrogens is 2120 g/mol. The summed E-state index contributed by atoms with van der Waals surface area (Å²) in [5.74, 6) is 0. The predicted octanol–water partition coefficient (Wildman–Crippen LogP) is 38.4. The summed E-state index contributed by atoms with van der Waals surface area (Å²) in [4.78, 5) is 0. The van der Waals surface area contributed by atoms with E-state index in [2.05, 4.69) is 581 Å². The van der Waals surface area contributed by atoms with Gasteiger partial charge in [-0.05, 0) is 127 Å². The summed E-state index contributed by atoms with van der Waals surface area (Å²) in [5.41, 5.74) is 27.9. The molecule has 8 aromatic rings. The lowest BCUT2D eigenvalue weighted by Gasteiger charge is -2.77. The first kappa shape index (κ1) is 129. The van der Waals surface area contributed by atoms with Crippen molar-refractivity contribution in [2.45, 2.75) is 498 Å². The largest absolute Gasteiger partial charge is 0.124 e. The van der Waals surface area contributed by atoms with Crippen LogP contribution in [0.3, 0.4) is 0 Å². The van der Waals surface area contributed by atoms with Gasteiger partial charge in [-0.15, -0.1) is 0 Å². The van der Waals surface area contributed by atoms with Crippen LogP contribution >= 0.6 is 0 Å². The van der Waals surface area contributed by atoms with Gasteiger partial charge in [0, 0.05) is 96.9 Å². The lowest BCUT2D eigenvalue weighted by atomic mass is 9.85. The molecule has 830 valence electrons. The SMILES string of the molecule is CC(C)(C)c1cc(C([Si](C)(C)C)[Si](C)(C)C)c([Si@@H]2C(c3ccccc3)=C(c3ccccc3)[Si@@]23c2c(C([Si](C)(C)C)[Si](C)(C)C)cc(C(C)(C)C)cc2C3([Si](C)(C)C)[Si](C)(C)C)c(C([Si](C)(C)C)[Si](C)(C)C)c1.CC(C)(C)c1cc(C([Si](C)(C)C)[Si](C)(C)C)c([Si@H]2C(c3ccccc3)=C(c3ccccc3)[Si@]23c2c(C([Si](C)(C)C)[Si](C)(C)C)cc(C(C)(C)C)cc2C3([Si](C)(C)C)[Si](C)(C)C)c(C([Si](C)(C)C)[Si](C)(C)C)c1.CCCCCC. The average Bonchev–Trinajstić information content (AvgIpc) is 0.610. The molecule has 0 saturated heterocycles. The van der Waals surface area contributed by atoms with Crippen LogP contribution in [0.25, 0.3) is 20.8 Å². The van der Waals surface area contributed by atoms with Gasteiger partial charge in [-0.2, -0.15) is 0 Å². The highest BCUT2D eigenvalue weighted by molar-refractivity contribution is 7.68. The second-order valence-corrected chi connectivity index (χ2v) is 180. The zero-order valence-electron chi connectivity index (χ0n) is 110. The molecular formula is C130H230Si20. The highest BCUT2D eigenvalue weighted by atomic mass is 29.2. The minimum absolute atomic E-state index is 0.0420. The molecule has 150 heavy (non-hydrogen) atoms. The Kier molecular flexibility index (Phi) is 36.9. The molecule has 4 aliphatic heterocycles. The van der Waals surface area contributed by atoms with Crippen LogP contribution in [0.15, 0.2) is 170 Å². The van der Waals surface area contributed by atoms with Gasteiger partial charge in [0.05, 0.1) is 32.3 Å². The van der Waals surface area contributed by atoms with Crippen LogP contribution in [0.5, 0.6) is 0 Å². The van der Waals surface area contributed by atoms with Crippen molar-refractivity contribution >= 4 is 203 Å². The predicted molar refractivity (Wildman–Crippen MR) is 747 cm³/mol. The molecule has 0 nitrogen and oxygen atoms in total. The molecule has 0 aliphatic carbocycles. The highest BCUT2D eigenvalue weighted by Gasteiger charge is 2.85. The second kappa shape index (κ2) is 42.7. The number of unbranched alkanes of at least 4 members (excludes halogenated alkanes) is 3. The second-order valence-electron chi connectivity index (χ2n) is 69.8. The Morgan fingerprint density at radius 3 is 0.540 bits per heavy atom. The Morgan fingerprint density at radius 2 is 0.380 bits per heavy atom. The quantitative estimate of drug-likeness (QED) is 0.0300. The number of rotatable bonds is 31. The fourth-order valence-corrected chi connectivity index (χ4v) is 216. The van der Waals surface area contributed by atoms with Gasteiger partial charge in [0.2, 0.25) is 0 Å². The molecule has 0 N–H and O–H groups in total. The van der Waals surface area contributed by atoms with E-state index < -0.39 is 161 Å². The van der Waals surface area contributed by atoms with E-state index in [-0.39, 0.29) is 30.2 Å². The zero-order valence-corrected chi connectivity index (χ0v) is 130. The Hall–Kier alpha value is -2.42. The number of hydrogen-bond donors (Lipinski definition) is 0. The summed E-state index contributed by atoms with van der Waals surface area (Å²) in [6, 6.07) is 72.9. The first-order chi connectivity index (χ1) is 67.1. The minimum atomic E-state index is -2.80. The molecule has 12 rings (SSSR count). The lowest BCUT2D eigenvalue weighted by molar-refractivity contribution is 0.588. The van der Waals surface area contributed by atoms with Gasteiger partial charge in [0.1, 0.15) is 31.8 Å². The van der Waals surface area contributed by atoms with Crippen molar-refractivity contribution in [3.8, 4) is 0 Å². The highest BCUT2D eigenvalue weighted by Crippen LogP contribution is 2.71. The van der Waals surface area contributed by atoms with Gasteiger partial charge in [-0.1, -0.05) is 671 Å². The molecule has 0 unspecified atom stereocenters. The molecule has 0 saturated carbocycles. The van der Waals surface area contributed by atoms with Crippen molar-refractivity contribution in [3.63, 3.8) is 0 Å². The molecule has 20 heteroatoms. The number of benzene rings is 8. The van der Waals surface area contributed by atoms with E-state index in [4.69, 9.17) is 0 Å². The van der Waals surface area contributed by atoms with Crippen LogP contribution < -0.4 is 20.7 Å². The molecule has 8 aromatic carbocycles. The van der Waals surface area contributed by atoms with E-state index in [0.717, 1.165) is 0 Å². The lowest BCUT2D eigenvalue weighted by Crippen LogP contribution is -2.98. The molecule has 0 amide bonds. The van der Waals surface area contributed by atoms with Gasteiger partial charge in [-0.3, -0.25) is 0 Å². The Labute approximate surface area is 950 Å². The molecule has 2 spiro atoms. The minimum Gasteiger partial charge on any atom is -0.0693 e. The van der Waals surface area contributed by atoms with Crippen molar-refractivity contribution in [2.75, 3.05) is 0 Å². The van der Waals surface area contributed by atoms with Crippen molar-refractivity contribution in [1.82, 2.24) is 0 Å². The molecule has 4 aliphatic rings.